The Morgan fingerprint density at radius 2 is 1.69 bits per heavy atom. The van der Waals surface area contributed by atoms with Gasteiger partial charge in [-0.05, 0) is 45.4 Å². The van der Waals surface area contributed by atoms with E-state index in [1.54, 1.807) is 11.3 Å². The number of aryl methyl sites for hydroxylation is 1. The van der Waals surface area contributed by atoms with Gasteiger partial charge in [-0.1, -0.05) is 11.3 Å². The molecule has 0 unspecified atom stereocenters. The van der Waals surface area contributed by atoms with Crippen molar-refractivity contribution >= 4 is 39.1 Å². The fraction of sp³-hybridized carbons (Fsp3) is 0.667. The molecular formula is C24H34N8O2S. The predicted octanol–water partition coefficient (Wildman–Crippen LogP) is 3.74. The summed E-state index contributed by atoms with van der Waals surface area (Å²) in [5.74, 6) is 1.41. The molecule has 0 atom stereocenters. The third-order valence-corrected chi connectivity index (χ3v) is 8.25. The van der Waals surface area contributed by atoms with E-state index in [1.807, 2.05) is 24.0 Å². The third-order valence-electron chi connectivity index (χ3n) is 7.39. The summed E-state index contributed by atoms with van der Waals surface area (Å²) >= 11 is 1.60. The molecule has 2 aliphatic heterocycles. The fourth-order valence-electron chi connectivity index (χ4n) is 5.49. The molecule has 3 fully saturated rings. The van der Waals surface area contributed by atoms with E-state index in [-0.39, 0.29) is 0 Å². The first-order valence-corrected chi connectivity index (χ1v) is 13.7. The highest BCUT2D eigenvalue weighted by Gasteiger charge is 2.28. The van der Waals surface area contributed by atoms with E-state index in [1.165, 1.54) is 12.8 Å². The Kier molecular flexibility index (Phi) is 6.82. The van der Waals surface area contributed by atoms with Crippen LogP contribution in [0, 0.1) is 6.92 Å². The molecule has 3 aliphatic rings. The Labute approximate surface area is 209 Å². The van der Waals surface area contributed by atoms with E-state index in [0.717, 1.165) is 92.1 Å². The van der Waals surface area contributed by atoms with E-state index < -0.39 is 0 Å². The molecule has 0 spiro atoms. The average molecular weight is 499 g/mol. The molecule has 3 aromatic heterocycles. The maximum absolute atomic E-state index is 5.53. The number of anilines is 3. The SMILES string of the molecule is Cc1nc2c(N[C@H]3CC[C@H](N4CCOCC4)CC3)nc(Nc3cnn(C4CCOCC4)c3)nc2s1. The Balaban J connectivity index is 1.15. The summed E-state index contributed by atoms with van der Waals surface area (Å²) in [4.78, 5) is 17.9. The highest BCUT2D eigenvalue weighted by molar-refractivity contribution is 7.18. The highest BCUT2D eigenvalue weighted by Crippen LogP contribution is 2.31. The minimum atomic E-state index is 0.386. The molecule has 6 rings (SSSR count). The van der Waals surface area contributed by atoms with Gasteiger partial charge in [-0.3, -0.25) is 9.58 Å². The van der Waals surface area contributed by atoms with Crippen LogP contribution in [0.2, 0.25) is 0 Å². The van der Waals surface area contributed by atoms with Crippen molar-refractivity contribution in [2.24, 2.45) is 0 Å². The van der Waals surface area contributed by atoms with Gasteiger partial charge in [-0.2, -0.15) is 15.1 Å². The lowest BCUT2D eigenvalue weighted by molar-refractivity contribution is 0.00791. The molecule has 0 aromatic carbocycles. The molecule has 0 radical (unpaired) electrons. The van der Waals surface area contributed by atoms with Crippen LogP contribution in [0.4, 0.5) is 17.5 Å². The Bertz CT molecular complexity index is 1130. The average Bonchev–Trinajstić information content (AvgIpc) is 3.52. The molecule has 5 heterocycles. The molecule has 1 aliphatic carbocycles. The quantitative estimate of drug-likeness (QED) is 0.526. The van der Waals surface area contributed by atoms with Crippen LogP contribution >= 0.6 is 11.3 Å². The molecule has 188 valence electrons. The lowest BCUT2D eigenvalue weighted by atomic mass is 9.90. The number of ether oxygens (including phenoxy) is 2. The van der Waals surface area contributed by atoms with Gasteiger partial charge in [0, 0.05) is 44.6 Å². The summed E-state index contributed by atoms with van der Waals surface area (Å²) < 4.78 is 13.0. The van der Waals surface area contributed by atoms with Crippen molar-refractivity contribution in [2.45, 2.75) is 63.6 Å². The molecule has 2 N–H and O–H groups in total. The van der Waals surface area contributed by atoms with Gasteiger partial charge in [0.25, 0.3) is 0 Å². The summed E-state index contributed by atoms with van der Waals surface area (Å²) in [6, 6.07) is 1.46. The molecule has 10 nitrogen and oxygen atoms in total. The zero-order chi connectivity index (χ0) is 23.6. The van der Waals surface area contributed by atoms with Crippen LogP contribution in [-0.2, 0) is 9.47 Å². The van der Waals surface area contributed by atoms with Crippen molar-refractivity contribution in [1.82, 2.24) is 29.6 Å². The molecule has 1 saturated carbocycles. The van der Waals surface area contributed by atoms with Crippen LogP contribution in [0.3, 0.4) is 0 Å². The lowest BCUT2D eigenvalue weighted by Crippen LogP contribution is -2.46. The largest absolute Gasteiger partial charge is 0.381 e. The minimum Gasteiger partial charge on any atom is -0.381 e. The standard InChI is InChI=1S/C24H34N8O2S/c1-16-26-21-22(27-17-2-4-19(5-3-17)31-8-12-34-13-9-31)29-24(30-23(21)35-16)28-18-14-25-32(15-18)20-6-10-33-11-7-20/h14-15,17,19-20H,2-13H2,1H3,(H2,27,28,29,30)/t17-,19-. The number of hydrogen-bond donors (Lipinski definition) is 2. The molecule has 35 heavy (non-hydrogen) atoms. The van der Waals surface area contributed by atoms with Gasteiger partial charge in [-0.15, -0.1) is 0 Å². The molecule has 0 bridgehead atoms. The maximum atomic E-state index is 5.53. The molecule has 2 saturated heterocycles. The molecule has 3 aromatic rings. The number of aromatic nitrogens is 5. The van der Waals surface area contributed by atoms with Crippen molar-refractivity contribution in [2.75, 3.05) is 50.2 Å². The van der Waals surface area contributed by atoms with Gasteiger partial charge < -0.3 is 20.1 Å². The van der Waals surface area contributed by atoms with Crippen molar-refractivity contribution in [3.8, 4) is 0 Å². The molecule has 11 heteroatoms. The molecule has 0 amide bonds. The summed E-state index contributed by atoms with van der Waals surface area (Å²) in [6.45, 7) is 7.46. The predicted molar refractivity (Wildman–Crippen MR) is 137 cm³/mol. The third kappa shape index (κ3) is 5.28. The number of fused-ring (bicyclic) bond motifs is 1. The molecular weight excluding hydrogens is 464 g/mol. The lowest BCUT2D eigenvalue weighted by Gasteiger charge is -2.39. The van der Waals surface area contributed by atoms with Crippen LogP contribution in [0.15, 0.2) is 12.4 Å². The zero-order valence-electron chi connectivity index (χ0n) is 20.3. The van der Waals surface area contributed by atoms with E-state index in [9.17, 15) is 0 Å². The van der Waals surface area contributed by atoms with Crippen molar-refractivity contribution < 1.29 is 9.47 Å². The Morgan fingerprint density at radius 3 is 2.49 bits per heavy atom. The summed E-state index contributed by atoms with van der Waals surface area (Å²) in [5.41, 5.74) is 1.76. The number of morpholine rings is 1. The zero-order valence-corrected chi connectivity index (χ0v) is 21.1. The monoisotopic (exact) mass is 498 g/mol. The van der Waals surface area contributed by atoms with E-state index in [2.05, 4.69) is 20.6 Å². The van der Waals surface area contributed by atoms with Gasteiger partial charge in [0.2, 0.25) is 5.95 Å². The second-order valence-corrected chi connectivity index (χ2v) is 10.9. The van der Waals surface area contributed by atoms with E-state index in [4.69, 9.17) is 24.4 Å². The van der Waals surface area contributed by atoms with Crippen LogP contribution in [0.5, 0.6) is 0 Å². The van der Waals surface area contributed by atoms with Crippen LogP contribution in [-0.4, -0.2) is 81.2 Å². The summed E-state index contributed by atoms with van der Waals surface area (Å²) in [7, 11) is 0. The van der Waals surface area contributed by atoms with Crippen molar-refractivity contribution in [1.29, 1.82) is 0 Å². The van der Waals surface area contributed by atoms with Crippen LogP contribution in [0.1, 0.15) is 49.6 Å². The topological polar surface area (TPSA) is 102 Å². The maximum Gasteiger partial charge on any atom is 0.230 e. The number of hydrogen-bond acceptors (Lipinski definition) is 10. The van der Waals surface area contributed by atoms with Gasteiger partial charge in [0.15, 0.2) is 10.6 Å². The summed E-state index contributed by atoms with van der Waals surface area (Å²) in [6.07, 6.45) is 10.6. The first-order valence-electron chi connectivity index (χ1n) is 12.8. The Hall–Kier alpha value is -2.34. The first-order chi connectivity index (χ1) is 17.2. The summed E-state index contributed by atoms with van der Waals surface area (Å²) in [5, 5.41) is 12.7. The van der Waals surface area contributed by atoms with Gasteiger partial charge in [-0.25, -0.2) is 4.98 Å². The van der Waals surface area contributed by atoms with Crippen LogP contribution < -0.4 is 10.6 Å². The van der Waals surface area contributed by atoms with Crippen LogP contribution in [0.25, 0.3) is 10.3 Å². The second kappa shape index (κ2) is 10.3. The van der Waals surface area contributed by atoms with E-state index in [0.29, 0.717) is 24.1 Å². The van der Waals surface area contributed by atoms with Gasteiger partial charge >= 0.3 is 0 Å². The van der Waals surface area contributed by atoms with E-state index >= 15 is 0 Å². The number of nitrogens with zero attached hydrogens (tertiary/aromatic N) is 6. The van der Waals surface area contributed by atoms with Gasteiger partial charge in [0.05, 0.1) is 36.1 Å². The first kappa shape index (κ1) is 23.1. The van der Waals surface area contributed by atoms with Crippen molar-refractivity contribution in [3.05, 3.63) is 17.4 Å². The smallest absolute Gasteiger partial charge is 0.230 e. The minimum absolute atomic E-state index is 0.386. The van der Waals surface area contributed by atoms with Crippen molar-refractivity contribution in [3.63, 3.8) is 0 Å². The normalized spacial score (nSPS) is 24.6. The number of nitrogens with one attached hydrogen (secondary N) is 2. The number of thiazole rings is 1. The highest BCUT2D eigenvalue weighted by atomic mass is 32.1. The fourth-order valence-corrected chi connectivity index (χ4v) is 6.27. The Morgan fingerprint density at radius 1 is 0.914 bits per heavy atom. The van der Waals surface area contributed by atoms with Gasteiger partial charge in [0.1, 0.15) is 5.52 Å². The second-order valence-electron chi connectivity index (χ2n) is 9.76. The number of rotatable bonds is 6.